The predicted octanol–water partition coefficient (Wildman–Crippen LogP) is 1.62. The fourth-order valence-electron chi connectivity index (χ4n) is 2.19. The van der Waals surface area contributed by atoms with E-state index in [9.17, 15) is 5.11 Å². The Balaban J connectivity index is 2.03. The fraction of sp³-hybridized carbons (Fsp3) is 0.538. The van der Waals surface area contributed by atoms with Crippen molar-refractivity contribution in [3.05, 3.63) is 23.8 Å². The Kier molecular flexibility index (Phi) is 3.86. The maximum absolute atomic E-state index is 9.80. The molecule has 4 nitrogen and oxygen atoms in total. The van der Waals surface area contributed by atoms with Crippen molar-refractivity contribution in [1.82, 2.24) is 4.90 Å². The lowest BCUT2D eigenvalue weighted by Gasteiger charge is -2.16. The van der Waals surface area contributed by atoms with Gasteiger partial charge in [0.2, 0.25) is 0 Å². The number of aromatic hydroxyl groups is 1. The van der Waals surface area contributed by atoms with E-state index in [1.807, 2.05) is 6.07 Å². The number of phenols is 1. The van der Waals surface area contributed by atoms with Crippen LogP contribution in [0.4, 0.5) is 0 Å². The molecule has 94 valence electrons. The number of ether oxygens (including phenoxy) is 2. The highest BCUT2D eigenvalue weighted by Gasteiger charge is 2.22. The Morgan fingerprint density at radius 1 is 1.41 bits per heavy atom. The second-order valence-corrected chi connectivity index (χ2v) is 4.38. The zero-order chi connectivity index (χ0) is 12.3. The summed E-state index contributed by atoms with van der Waals surface area (Å²) in [7, 11) is 3.38. The lowest BCUT2D eigenvalue weighted by atomic mass is 10.2. The minimum atomic E-state index is 0.322. The fourth-order valence-corrected chi connectivity index (χ4v) is 2.19. The summed E-state index contributed by atoms with van der Waals surface area (Å²) < 4.78 is 10.5. The Morgan fingerprint density at radius 2 is 2.24 bits per heavy atom. The highest BCUT2D eigenvalue weighted by molar-refractivity contribution is 5.39. The molecule has 0 aliphatic carbocycles. The van der Waals surface area contributed by atoms with E-state index in [1.165, 1.54) is 0 Å². The minimum Gasteiger partial charge on any atom is -0.508 e. The summed E-state index contributed by atoms with van der Waals surface area (Å²) in [5.41, 5.74) is 0.904. The summed E-state index contributed by atoms with van der Waals surface area (Å²) in [4.78, 5) is 2.28. The van der Waals surface area contributed by atoms with E-state index in [4.69, 9.17) is 9.47 Å². The van der Waals surface area contributed by atoms with Crippen molar-refractivity contribution in [1.29, 1.82) is 0 Å². The van der Waals surface area contributed by atoms with Gasteiger partial charge < -0.3 is 14.6 Å². The second-order valence-electron chi connectivity index (χ2n) is 4.38. The van der Waals surface area contributed by atoms with Crippen LogP contribution in [0.1, 0.15) is 12.0 Å². The van der Waals surface area contributed by atoms with Gasteiger partial charge in [-0.25, -0.2) is 0 Å². The number of hydrogen-bond acceptors (Lipinski definition) is 4. The minimum absolute atomic E-state index is 0.322. The number of benzene rings is 1. The van der Waals surface area contributed by atoms with Gasteiger partial charge in [0.1, 0.15) is 11.5 Å². The van der Waals surface area contributed by atoms with Crippen molar-refractivity contribution < 1.29 is 14.6 Å². The van der Waals surface area contributed by atoms with Crippen LogP contribution in [0.2, 0.25) is 0 Å². The number of phenolic OH excluding ortho intramolecular Hbond substituents is 1. The first kappa shape index (κ1) is 12.2. The third kappa shape index (κ3) is 2.90. The van der Waals surface area contributed by atoms with Crippen LogP contribution in [0.3, 0.4) is 0 Å². The van der Waals surface area contributed by atoms with Crippen LogP contribution in [0.15, 0.2) is 18.2 Å². The maximum Gasteiger partial charge on any atom is 0.120 e. The number of nitrogens with zero attached hydrogens (tertiary/aromatic N) is 1. The molecule has 1 fully saturated rings. The Bertz CT molecular complexity index is 381. The molecular formula is C13H19NO3. The molecular weight excluding hydrogens is 218 g/mol. The monoisotopic (exact) mass is 237 g/mol. The van der Waals surface area contributed by atoms with E-state index in [0.29, 0.717) is 11.9 Å². The van der Waals surface area contributed by atoms with E-state index >= 15 is 0 Å². The maximum atomic E-state index is 9.80. The number of likely N-dealkylation sites (tertiary alicyclic amines) is 1. The predicted molar refractivity (Wildman–Crippen MR) is 65.3 cm³/mol. The van der Waals surface area contributed by atoms with E-state index in [0.717, 1.165) is 37.4 Å². The molecule has 0 amide bonds. The van der Waals surface area contributed by atoms with Crippen LogP contribution in [-0.2, 0) is 11.3 Å². The Labute approximate surface area is 102 Å². The average molecular weight is 237 g/mol. The molecule has 1 aromatic carbocycles. The van der Waals surface area contributed by atoms with Crippen LogP contribution in [-0.4, -0.2) is 43.4 Å². The molecule has 1 atom stereocenters. The van der Waals surface area contributed by atoms with Crippen molar-refractivity contribution in [2.45, 2.75) is 19.1 Å². The van der Waals surface area contributed by atoms with Gasteiger partial charge in [0.15, 0.2) is 0 Å². The van der Waals surface area contributed by atoms with Gasteiger partial charge in [-0.1, -0.05) is 0 Å². The molecule has 1 saturated heterocycles. The van der Waals surface area contributed by atoms with Gasteiger partial charge in [-0.15, -0.1) is 0 Å². The van der Waals surface area contributed by atoms with E-state index < -0.39 is 0 Å². The highest BCUT2D eigenvalue weighted by atomic mass is 16.5. The standard InChI is InChI=1S/C13H19NO3/c1-16-11-3-4-13(15)10(7-11)8-14-6-5-12(9-14)17-2/h3-4,7,12,15H,5-6,8-9H2,1-2H3. The molecule has 0 radical (unpaired) electrons. The van der Waals surface area contributed by atoms with Gasteiger partial charge in [0, 0.05) is 32.3 Å². The molecule has 1 aromatic rings. The summed E-state index contributed by atoms with van der Waals surface area (Å²) in [6.45, 7) is 2.67. The molecule has 4 heteroatoms. The van der Waals surface area contributed by atoms with Crippen molar-refractivity contribution in [3.8, 4) is 11.5 Å². The molecule has 1 aliphatic heterocycles. The molecule has 0 aromatic heterocycles. The molecule has 1 unspecified atom stereocenters. The summed E-state index contributed by atoms with van der Waals surface area (Å²) >= 11 is 0. The summed E-state index contributed by atoms with van der Waals surface area (Å²) in [5.74, 6) is 1.10. The lowest BCUT2D eigenvalue weighted by Crippen LogP contribution is -2.22. The van der Waals surface area contributed by atoms with Gasteiger partial charge in [-0.05, 0) is 24.6 Å². The molecule has 0 bridgehead atoms. The first-order valence-corrected chi connectivity index (χ1v) is 5.84. The summed E-state index contributed by atoms with van der Waals surface area (Å²) in [5, 5.41) is 9.80. The summed E-state index contributed by atoms with van der Waals surface area (Å²) in [6, 6.07) is 5.33. The quantitative estimate of drug-likeness (QED) is 0.864. The van der Waals surface area contributed by atoms with Gasteiger partial charge in [0.25, 0.3) is 0 Å². The van der Waals surface area contributed by atoms with Crippen molar-refractivity contribution in [2.75, 3.05) is 27.3 Å². The molecule has 0 spiro atoms. The first-order valence-electron chi connectivity index (χ1n) is 5.84. The van der Waals surface area contributed by atoms with Crippen LogP contribution >= 0.6 is 0 Å². The van der Waals surface area contributed by atoms with Crippen LogP contribution in [0, 0.1) is 0 Å². The smallest absolute Gasteiger partial charge is 0.120 e. The zero-order valence-electron chi connectivity index (χ0n) is 10.3. The third-order valence-corrected chi connectivity index (χ3v) is 3.24. The van der Waals surface area contributed by atoms with Crippen molar-refractivity contribution in [3.63, 3.8) is 0 Å². The highest BCUT2D eigenvalue weighted by Crippen LogP contribution is 2.25. The first-order chi connectivity index (χ1) is 8.22. The van der Waals surface area contributed by atoms with E-state index in [2.05, 4.69) is 4.90 Å². The van der Waals surface area contributed by atoms with E-state index in [-0.39, 0.29) is 0 Å². The van der Waals surface area contributed by atoms with E-state index in [1.54, 1.807) is 26.4 Å². The normalized spacial score (nSPS) is 20.7. The van der Waals surface area contributed by atoms with Gasteiger partial charge in [-0.2, -0.15) is 0 Å². The molecule has 17 heavy (non-hydrogen) atoms. The SMILES string of the molecule is COc1ccc(O)c(CN2CCC(OC)C2)c1. The average Bonchev–Trinajstić information content (AvgIpc) is 2.80. The molecule has 0 saturated carbocycles. The van der Waals surface area contributed by atoms with Gasteiger partial charge in [-0.3, -0.25) is 4.90 Å². The Morgan fingerprint density at radius 3 is 2.88 bits per heavy atom. The van der Waals surface area contributed by atoms with Gasteiger partial charge >= 0.3 is 0 Å². The number of hydrogen-bond donors (Lipinski definition) is 1. The third-order valence-electron chi connectivity index (χ3n) is 3.24. The van der Waals surface area contributed by atoms with Crippen molar-refractivity contribution in [2.24, 2.45) is 0 Å². The Hall–Kier alpha value is -1.26. The van der Waals surface area contributed by atoms with Crippen LogP contribution in [0.5, 0.6) is 11.5 Å². The molecule has 1 heterocycles. The van der Waals surface area contributed by atoms with Crippen LogP contribution < -0.4 is 4.74 Å². The topological polar surface area (TPSA) is 41.9 Å². The zero-order valence-corrected chi connectivity index (χ0v) is 10.3. The molecule has 1 aliphatic rings. The molecule has 2 rings (SSSR count). The van der Waals surface area contributed by atoms with Crippen LogP contribution in [0.25, 0.3) is 0 Å². The molecule has 1 N–H and O–H groups in total. The largest absolute Gasteiger partial charge is 0.508 e. The van der Waals surface area contributed by atoms with Gasteiger partial charge in [0.05, 0.1) is 13.2 Å². The summed E-state index contributed by atoms with van der Waals surface area (Å²) in [6.07, 6.45) is 1.38. The second kappa shape index (κ2) is 5.38. The number of methoxy groups -OCH3 is 2. The number of rotatable bonds is 4. The lowest BCUT2D eigenvalue weighted by molar-refractivity contribution is 0.107. The van der Waals surface area contributed by atoms with Crippen molar-refractivity contribution >= 4 is 0 Å².